The minimum Gasteiger partial charge on any atom is -0.475 e. The number of hydrogen-bond donors (Lipinski definition) is 1. The molecule has 106 valence electrons. The van der Waals surface area contributed by atoms with Crippen LogP contribution in [0, 0.1) is 0 Å². The van der Waals surface area contributed by atoms with Crippen molar-refractivity contribution in [3.05, 3.63) is 23.7 Å². The quantitative estimate of drug-likeness (QED) is 0.911. The third-order valence-electron chi connectivity index (χ3n) is 3.56. The van der Waals surface area contributed by atoms with Gasteiger partial charge in [-0.2, -0.15) is 0 Å². The summed E-state index contributed by atoms with van der Waals surface area (Å²) in [4.78, 5) is 13.1. The Morgan fingerprint density at radius 3 is 2.32 bits per heavy atom. The fraction of sp³-hybridized carbons (Fsp3) is 0.643. The van der Waals surface area contributed by atoms with Gasteiger partial charge in [0.15, 0.2) is 0 Å². The van der Waals surface area contributed by atoms with E-state index in [0.29, 0.717) is 25.5 Å². The topological polar surface area (TPSA) is 62.9 Å². The third-order valence-corrected chi connectivity index (χ3v) is 3.56. The Bertz CT molecular complexity index is 460. The molecule has 0 amide bonds. The second-order valence-electron chi connectivity index (χ2n) is 6.27. The van der Waals surface area contributed by atoms with E-state index >= 15 is 0 Å². The maximum atomic E-state index is 10.8. The van der Waals surface area contributed by atoms with Gasteiger partial charge in [-0.15, -0.1) is 0 Å². The summed E-state index contributed by atoms with van der Waals surface area (Å²) in [6, 6.07) is 3.23. The van der Waals surface area contributed by atoms with Crippen molar-refractivity contribution in [3.63, 3.8) is 0 Å². The number of furan rings is 1. The van der Waals surface area contributed by atoms with Crippen LogP contribution < -0.4 is 0 Å². The van der Waals surface area contributed by atoms with Crippen molar-refractivity contribution >= 4 is 5.97 Å². The van der Waals surface area contributed by atoms with Crippen molar-refractivity contribution < 1.29 is 19.1 Å². The first-order valence-corrected chi connectivity index (χ1v) is 6.40. The Balaban J connectivity index is 2.21. The first-order chi connectivity index (χ1) is 8.72. The molecule has 1 saturated heterocycles. The number of rotatable bonds is 3. The largest absolute Gasteiger partial charge is 0.475 e. The molecule has 1 N–H and O–H groups in total. The molecule has 0 saturated carbocycles. The lowest BCUT2D eigenvalue weighted by molar-refractivity contribution is -0.133. The molecule has 0 bridgehead atoms. The maximum absolute atomic E-state index is 10.8. The van der Waals surface area contributed by atoms with Gasteiger partial charge >= 0.3 is 5.97 Å². The third kappa shape index (κ3) is 2.82. The molecule has 1 aromatic rings. The molecule has 19 heavy (non-hydrogen) atoms. The fourth-order valence-corrected chi connectivity index (χ4v) is 2.69. The van der Waals surface area contributed by atoms with Crippen molar-refractivity contribution in [2.24, 2.45) is 0 Å². The summed E-state index contributed by atoms with van der Waals surface area (Å²) in [5.41, 5.74) is -0.226. The van der Waals surface area contributed by atoms with Crippen LogP contribution in [0.15, 0.2) is 16.5 Å². The number of carboxylic acid groups (broad SMARTS) is 1. The van der Waals surface area contributed by atoms with Gasteiger partial charge in [0.25, 0.3) is 0 Å². The Hall–Kier alpha value is -1.33. The standard InChI is InChI=1S/C14H21NO4/c1-13(2)8-18-9-14(3,4)15(13)7-10-5-6-11(19-10)12(16)17/h5-6H,7-9H2,1-4H3,(H,16,17). The molecule has 0 aliphatic carbocycles. The molecule has 0 radical (unpaired) electrons. The molecular formula is C14H21NO4. The average molecular weight is 267 g/mol. The van der Waals surface area contributed by atoms with Gasteiger partial charge in [0.05, 0.1) is 19.8 Å². The van der Waals surface area contributed by atoms with Crippen LogP contribution >= 0.6 is 0 Å². The minimum absolute atomic E-state index is 0.0149. The Morgan fingerprint density at radius 1 is 1.26 bits per heavy atom. The van der Waals surface area contributed by atoms with Crippen LogP contribution in [-0.2, 0) is 11.3 Å². The molecule has 0 aromatic carbocycles. The van der Waals surface area contributed by atoms with Gasteiger partial charge in [0, 0.05) is 11.1 Å². The van der Waals surface area contributed by atoms with Gasteiger partial charge < -0.3 is 14.3 Å². The molecule has 2 heterocycles. The molecule has 1 aliphatic heterocycles. The second-order valence-corrected chi connectivity index (χ2v) is 6.27. The number of carboxylic acids is 1. The number of morpholine rings is 1. The summed E-state index contributed by atoms with van der Waals surface area (Å²) in [6.45, 7) is 10.4. The van der Waals surface area contributed by atoms with Crippen molar-refractivity contribution in [2.45, 2.75) is 45.3 Å². The summed E-state index contributed by atoms with van der Waals surface area (Å²) in [6.07, 6.45) is 0. The van der Waals surface area contributed by atoms with Crippen molar-refractivity contribution in [1.82, 2.24) is 4.90 Å². The average Bonchev–Trinajstić information content (AvgIpc) is 2.71. The predicted octanol–water partition coefficient (Wildman–Crippen LogP) is 2.37. The SMILES string of the molecule is CC1(C)COCC(C)(C)N1Cc1ccc(C(=O)O)o1. The maximum Gasteiger partial charge on any atom is 0.371 e. The molecular weight excluding hydrogens is 246 g/mol. The van der Waals surface area contributed by atoms with Gasteiger partial charge in [-0.25, -0.2) is 4.79 Å². The van der Waals surface area contributed by atoms with Crippen LogP contribution in [0.4, 0.5) is 0 Å². The van der Waals surface area contributed by atoms with Crippen LogP contribution in [0.5, 0.6) is 0 Å². The highest BCUT2D eigenvalue weighted by atomic mass is 16.5. The highest BCUT2D eigenvalue weighted by molar-refractivity contribution is 5.84. The highest BCUT2D eigenvalue weighted by Crippen LogP contribution is 2.32. The lowest BCUT2D eigenvalue weighted by Crippen LogP contribution is -2.62. The first-order valence-electron chi connectivity index (χ1n) is 6.40. The van der Waals surface area contributed by atoms with Gasteiger partial charge in [-0.3, -0.25) is 4.90 Å². The number of hydrogen-bond acceptors (Lipinski definition) is 4. The summed E-state index contributed by atoms with van der Waals surface area (Å²) in [7, 11) is 0. The van der Waals surface area contributed by atoms with Crippen LogP contribution in [0.3, 0.4) is 0 Å². The molecule has 1 aromatic heterocycles. The van der Waals surface area contributed by atoms with E-state index in [2.05, 4.69) is 32.6 Å². The Kier molecular flexibility index (Phi) is 3.45. The monoisotopic (exact) mass is 267 g/mol. The van der Waals surface area contributed by atoms with Gasteiger partial charge in [-0.1, -0.05) is 0 Å². The molecule has 5 heteroatoms. The van der Waals surface area contributed by atoms with E-state index in [1.165, 1.54) is 6.07 Å². The molecule has 1 aliphatic rings. The predicted molar refractivity (Wildman–Crippen MR) is 70.2 cm³/mol. The van der Waals surface area contributed by atoms with E-state index in [0.717, 1.165) is 0 Å². The second kappa shape index (κ2) is 4.65. The lowest BCUT2D eigenvalue weighted by atomic mass is 9.91. The van der Waals surface area contributed by atoms with Gasteiger partial charge in [0.2, 0.25) is 5.76 Å². The summed E-state index contributed by atoms with van der Waals surface area (Å²) >= 11 is 0. The van der Waals surface area contributed by atoms with Gasteiger partial charge in [0.1, 0.15) is 5.76 Å². The van der Waals surface area contributed by atoms with Crippen LogP contribution in [0.25, 0.3) is 0 Å². The van der Waals surface area contributed by atoms with Crippen LogP contribution in [-0.4, -0.2) is 40.3 Å². The molecule has 2 rings (SSSR count). The van der Waals surface area contributed by atoms with E-state index < -0.39 is 5.97 Å². The molecule has 1 fully saturated rings. The lowest BCUT2D eigenvalue weighted by Gasteiger charge is -2.52. The van der Waals surface area contributed by atoms with Gasteiger partial charge in [-0.05, 0) is 39.8 Å². The van der Waals surface area contributed by atoms with E-state index in [4.69, 9.17) is 14.3 Å². The molecule has 5 nitrogen and oxygen atoms in total. The normalized spacial score (nSPS) is 22.3. The smallest absolute Gasteiger partial charge is 0.371 e. The van der Waals surface area contributed by atoms with Crippen LogP contribution in [0.2, 0.25) is 0 Å². The van der Waals surface area contributed by atoms with E-state index in [-0.39, 0.29) is 16.8 Å². The zero-order chi connectivity index (χ0) is 14.3. The van der Waals surface area contributed by atoms with Crippen molar-refractivity contribution in [1.29, 1.82) is 0 Å². The number of nitrogens with zero attached hydrogens (tertiary/aromatic N) is 1. The zero-order valence-corrected chi connectivity index (χ0v) is 11.9. The Labute approximate surface area is 113 Å². The first kappa shape index (κ1) is 14.1. The molecule has 0 spiro atoms. The van der Waals surface area contributed by atoms with Crippen LogP contribution in [0.1, 0.15) is 44.0 Å². The van der Waals surface area contributed by atoms with Crippen molar-refractivity contribution in [2.75, 3.05) is 13.2 Å². The van der Waals surface area contributed by atoms with E-state index in [1.807, 2.05) is 0 Å². The van der Waals surface area contributed by atoms with E-state index in [9.17, 15) is 4.79 Å². The highest BCUT2D eigenvalue weighted by Gasteiger charge is 2.42. The fourth-order valence-electron chi connectivity index (χ4n) is 2.69. The summed E-state index contributed by atoms with van der Waals surface area (Å²) in [5, 5.41) is 8.88. The zero-order valence-electron chi connectivity index (χ0n) is 11.9. The van der Waals surface area contributed by atoms with E-state index in [1.54, 1.807) is 6.07 Å². The minimum atomic E-state index is -1.04. The van der Waals surface area contributed by atoms with Crippen molar-refractivity contribution in [3.8, 4) is 0 Å². The molecule has 0 unspecified atom stereocenters. The Morgan fingerprint density at radius 2 is 1.84 bits per heavy atom. The summed E-state index contributed by atoms with van der Waals surface area (Å²) in [5.74, 6) is -0.383. The summed E-state index contributed by atoms with van der Waals surface area (Å²) < 4.78 is 11.0. The number of carbonyl (C=O) groups is 1. The molecule has 0 atom stereocenters. The number of ether oxygens (including phenoxy) is 1. The number of aromatic carboxylic acids is 1.